The van der Waals surface area contributed by atoms with Gasteiger partial charge in [0.05, 0.1) is 40.5 Å². The van der Waals surface area contributed by atoms with Gasteiger partial charge < -0.3 is 14.0 Å². The molecule has 0 saturated heterocycles. The van der Waals surface area contributed by atoms with Gasteiger partial charge in [-0.25, -0.2) is 9.79 Å². The molecular weight excluding hydrogens is 580 g/mol. The Labute approximate surface area is 255 Å². The normalized spacial score (nSPS) is 14.8. The molecule has 0 amide bonds. The van der Waals surface area contributed by atoms with Crippen molar-refractivity contribution in [3.63, 3.8) is 0 Å². The van der Waals surface area contributed by atoms with Gasteiger partial charge in [0.1, 0.15) is 5.75 Å². The second-order valence-corrected chi connectivity index (χ2v) is 11.2. The van der Waals surface area contributed by atoms with Gasteiger partial charge in [0.2, 0.25) is 0 Å². The van der Waals surface area contributed by atoms with Crippen LogP contribution in [-0.2, 0) is 16.1 Å². The maximum Gasteiger partial charge on any atom is 0.338 e. The quantitative estimate of drug-likeness (QED) is 0.143. The van der Waals surface area contributed by atoms with E-state index in [1.54, 1.807) is 49.8 Å². The third-order valence-corrected chi connectivity index (χ3v) is 8.54. The summed E-state index contributed by atoms with van der Waals surface area (Å²) >= 11 is 1.26. The summed E-state index contributed by atoms with van der Waals surface area (Å²) in [6, 6.07) is 20.9. The molecule has 5 aromatic rings. The van der Waals surface area contributed by atoms with Crippen LogP contribution in [0.4, 0.5) is 5.69 Å². The number of fused-ring (bicyclic) bond motifs is 2. The SMILES string of the molecule is CCOC(=O)C1=C(C)N=c2s/c(=C/c3cn(Cc4ccc([N+](=O)[O-])cc4)c4ccccc34)c(=O)n2[C@@H]1c1ccc(OC)cc1. The number of rotatable bonds is 8. The second kappa shape index (κ2) is 11.8. The number of para-hydroxylation sites is 1. The van der Waals surface area contributed by atoms with Crippen LogP contribution >= 0.6 is 11.3 Å². The molecule has 0 N–H and O–H groups in total. The highest BCUT2D eigenvalue weighted by Gasteiger charge is 2.33. The molecular formula is C33H28N4O6S. The number of allylic oxidation sites excluding steroid dienone is 1. The number of ether oxygens (including phenoxy) is 2. The van der Waals surface area contributed by atoms with Gasteiger partial charge in [-0.2, -0.15) is 0 Å². The molecule has 0 bridgehead atoms. The third kappa shape index (κ3) is 5.22. The fourth-order valence-electron chi connectivity index (χ4n) is 5.48. The first-order valence-corrected chi connectivity index (χ1v) is 14.8. The lowest BCUT2D eigenvalue weighted by atomic mass is 9.96. The number of nitrogens with zero attached hydrogens (tertiary/aromatic N) is 4. The minimum Gasteiger partial charge on any atom is -0.497 e. The van der Waals surface area contributed by atoms with E-state index in [-0.39, 0.29) is 17.9 Å². The zero-order valence-corrected chi connectivity index (χ0v) is 25.0. The van der Waals surface area contributed by atoms with Crippen LogP contribution in [0.3, 0.4) is 0 Å². The summed E-state index contributed by atoms with van der Waals surface area (Å²) < 4.78 is 14.8. The van der Waals surface area contributed by atoms with Crippen molar-refractivity contribution in [1.29, 1.82) is 0 Å². The molecule has 2 aromatic heterocycles. The van der Waals surface area contributed by atoms with E-state index in [0.717, 1.165) is 27.6 Å². The largest absolute Gasteiger partial charge is 0.497 e. The Morgan fingerprint density at radius 2 is 1.82 bits per heavy atom. The number of hydrogen-bond acceptors (Lipinski definition) is 8. The molecule has 1 atom stereocenters. The summed E-state index contributed by atoms with van der Waals surface area (Å²) in [5.41, 5.74) is 4.02. The minimum atomic E-state index is -0.721. The van der Waals surface area contributed by atoms with Gasteiger partial charge in [-0.15, -0.1) is 0 Å². The smallest absolute Gasteiger partial charge is 0.338 e. The Balaban J connectivity index is 1.47. The summed E-state index contributed by atoms with van der Waals surface area (Å²) in [4.78, 5) is 43.1. The number of aromatic nitrogens is 2. The molecule has 0 fully saturated rings. The number of nitro groups is 1. The summed E-state index contributed by atoms with van der Waals surface area (Å²) in [7, 11) is 1.58. The maximum atomic E-state index is 14.1. The van der Waals surface area contributed by atoms with E-state index in [1.165, 1.54) is 23.5 Å². The molecule has 0 unspecified atom stereocenters. The van der Waals surface area contributed by atoms with Crippen molar-refractivity contribution in [3.05, 3.63) is 137 Å². The molecule has 11 heteroatoms. The van der Waals surface area contributed by atoms with E-state index in [2.05, 4.69) is 9.56 Å². The monoisotopic (exact) mass is 608 g/mol. The molecule has 3 heterocycles. The van der Waals surface area contributed by atoms with E-state index in [0.29, 0.717) is 32.9 Å². The molecule has 6 rings (SSSR count). The average Bonchev–Trinajstić information content (AvgIpc) is 3.52. The van der Waals surface area contributed by atoms with Crippen LogP contribution in [0.2, 0.25) is 0 Å². The highest BCUT2D eigenvalue weighted by Crippen LogP contribution is 2.32. The van der Waals surface area contributed by atoms with Crippen molar-refractivity contribution >= 4 is 40.0 Å². The zero-order valence-electron chi connectivity index (χ0n) is 24.2. The maximum absolute atomic E-state index is 14.1. The van der Waals surface area contributed by atoms with E-state index in [9.17, 15) is 19.7 Å². The van der Waals surface area contributed by atoms with E-state index in [1.807, 2.05) is 48.7 Å². The molecule has 3 aromatic carbocycles. The predicted octanol–water partition coefficient (Wildman–Crippen LogP) is 4.72. The predicted molar refractivity (Wildman–Crippen MR) is 168 cm³/mol. The lowest BCUT2D eigenvalue weighted by Crippen LogP contribution is -2.39. The number of methoxy groups -OCH3 is 1. The van der Waals surface area contributed by atoms with Gasteiger partial charge in [-0.1, -0.05) is 53.8 Å². The highest BCUT2D eigenvalue weighted by molar-refractivity contribution is 7.07. The first-order valence-electron chi connectivity index (χ1n) is 13.9. The van der Waals surface area contributed by atoms with E-state index >= 15 is 0 Å². The Bertz CT molecular complexity index is 2120. The van der Waals surface area contributed by atoms with Crippen LogP contribution in [-0.4, -0.2) is 33.7 Å². The molecule has 0 spiro atoms. The van der Waals surface area contributed by atoms with Crippen molar-refractivity contribution < 1.29 is 19.2 Å². The van der Waals surface area contributed by atoms with Crippen molar-refractivity contribution in [2.45, 2.75) is 26.4 Å². The highest BCUT2D eigenvalue weighted by atomic mass is 32.1. The van der Waals surface area contributed by atoms with Crippen molar-refractivity contribution in [2.75, 3.05) is 13.7 Å². The van der Waals surface area contributed by atoms with Crippen LogP contribution in [0.5, 0.6) is 5.75 Å². The van der Waals surface area contributed by atoms with Crippen LogP contribution in [0.1, 0.15) is 36.6 Å². The summed E-state index contributed by atoms with van der Waals surface area (Å²) in [6.45, 7) is 4.18. The molecule has 1 aliphatic rings. The van der Waals surface area contributed by atoms with Crippen LogP contribution in [0.15, 0.2) is 100 Å². The van der Waals surface area contributed by atoms with Gasteiger partial charge in [-0.3, -0.25) is 19.5 Å². The second-order valence-electron chi connectivity index (χ2n) is 10.2. The number of thiazole rings is 1. The number of hydrogen-bond donors (Lipinski definition) is 0. The molecule has 0 radical (unpaired) electrons. The summed E-state index contributed by atoms with van der Waals surface area (Å²) in [5, 5.41) is 12.0. The van der Waals surface area contributed by atoms with Crippen LogP contribution in [0, 0.1) is 10.1 Å². The van der Waals surface area contributed by atoms with Crippen LogP contribution in [0.25, 0.3) is 17.0 Å². The van der Waals surface area contributed by atoms with Gasteiger partial charge in [0.15, 0.2) is 4.80 Å². The minimum absolute atomic E-state index is 0.0384. The van der Waals surface area contributed by atoms with Crippen LogP contribution < -0.4 is 19.6 Å². The number of carbonyl (C=O) groups is 1. The number of carbonyl (C=O) groups excluding carboxylic acids is 1. The number of esters is 1. The molecule has 10 nitrogen and oxygen atoms in total. The molecule has 0 saturated carbocycles. The van der Waals surface area contributed by atoms with Crippen molar-refractivity contribution in [2.24, 2.45) is 4.99 Å². The average molecular weight is 609 g/mol. The van der Waals surface area contributed by atoms with Crippen molar-refractivity contribution in [3.8, 4) is 5.75 Å². The standard InChI is InChI=1S/C33H28N4O6S/c1-4-43-32(39)29-20(2)34-33-36(30(29)22-11-15-25(42-3)16-12-22)31(38)28(44-33)17-23-19-35(27-8-6-5-7-26(23)27)18-21-9-13-24(14-10-21)37(40)41/h5-17,19,30H,4,18H2,1-3H3/b28-17+/t30-/m1/s1. The Morgan fingerprint density at radius 1 is 1.09 bits per heavy atom. The van der Waals surface area contributed by atoms with E-state index in [4.69, 9.17) is 9.47 Å². The zero-order chi connectivity index (χ0) is 31.0. The van der Waals surface area contributed by atoms with Crippen molar-refractivity contribution in [1.82, 2.24) is 9.13 Å². The van der Waals surface area contributed by atoms with Gasteiger partial charge in [0.25, 0.3) is 11.2 Å². The third-order valence-electron chi connectivity index (χ3n) is 7.55. The number of non-ortho nitro benzene ring substituents is 1. The molecule has 1 aliphatic heterocycles. The van der Waals surface area contributed by atoms with E-state index < -0.39 is 16.9 Å². The Morgan fingerprint density at radius 3 is 2.50 bits per heavy atom. The Kier molecular flexibility index (Phi) is 7.71. The summed E-state index contributed by atoms with van der Waals surface area (Å²) in [5.74, 6) is 0.142. The molecule has 0 aliphatic carbocycles. The summed E-state index contributed by atoms with van der Waals surface area (Å²) in [6.07, 6.45) is 3.83. The molecule has 44 heavy (non-hydrogen) atoms. The lowest BCUT2D eigenvalue weighted by molar-refractivity contribution is -0.384. The Hall–Kier alpha value is -5.29. The fraction of sp³-hybridized carbons (Fsp3) is 0.182. The number of benzene rings is 3. The fourth-order valence-corrected chi connectivity index (χ4v) is 6.51. The lowest BCUT2D eigenvalue weighted by Gasteiger charge is -2.24. The van der Waals surface area contributed by atoms with Gasteiger partial charge in [-0.05, 0) is 49.2 Å². The van der Waals surface area contributed by atoms with Gasteiger partial charge in [0, 0.05) is 41.3 Å². The molecule has 222 valence electrons. The topological polar surface area (TPSA) is 118 Å². The first kappa shape index (κ1) is 28.8. The first-order chi connectivity index (χ1) is 21.3. The van der Waals surface area contributed by atoms with Gasteiger partial charge >= 0.3 is 5.97 Å². The number of nitro benzene ring substituents is 1.